The minimum Gasteiger partial charge on any atom is -0.495 e. The smallest absolute Gasteiger partial charge is 0.337 e. The first-order chi connectivity index (χ1) is 15.0. The van der Waals surface area contributed by atoms with Crippen molar-refractivity contribution in [2.24, 2.45) is 0 Å². The topological polar surface area (TPSA) is 73.3 Å². The van der Waals surface area contributed by atoms with Gasteiger partial charge in [0.15, 0.2) is 5.82 Å². The van der Waals surface area contributed by atoms with Crippen LogP contribution in [0.15, 0.2) is 48.5 Å². The lowest BCUT2D eigenvalue weighted by Gasteiger charge is -2.11. The van der Waals surface area contributed by atoms with Gasteiger partial charge < -0.3 is 14.8 Å². The summed E-state index contributed by atoms with van der Waals surface area (Å²) in [6.45, 7) is 0.504. The summed E-state index contributed by atoms with van der Waals surface area (Å²) in [6, 6.07) is 14.4. The van der Waals surface area contributed by atoms with E-state index < -0.39 is 5.97 Å². The number of fused-ring (bicyclic) bond motifs is 1. The highest BCUT2D eigenvalue weighted by molar-refractivity contribution is 7.22. The molecule has 31 heavy (non-hydrogen) atoms. The van der Waals surface area contributed by atoms with Crippen LogP contribution in [-0.4, -0.2) is 30.2 Å². The van der Waals surface area contributed by atoms with E-state index in [9.17, 15) is 4.79 Å². The van der Waals surface area contributed by atoms with Crippen molar-refractivity contribution in [3.63, 3.8) is 0 Å². The monoisotopic (exact) mass is 473 g/mol. The number of nitrogens with zero attached hydrogens (tertiary/aromatic N) is 2. The molecule has 0 aliphatic heterocycles. The highest BCUT2D eigenvalue weighted by Gasteiger charge is 2.14. The highest BCUT2D eigenvalue weighted by Crippen LogP contribution is 2.34. The van der Waals surface area contributed by atoms with E-state index >= 15 is 0 Å². The van der Waals surface area contributed by atoms with Gasteiger partial charge >= 0.3 is 5.97 Å². The molecular weight excluding hydrogens is 457 g/mol. The van der Waals surface area contributed by atoms with Gasteiger partial charge in [-0.05, 0) is 35.9 Å². The van der Waals surface area contributed by atoms with E-state index in [1.807, 2.05) is 24.3 Å². The zero-order valence-electron chi connectivity index (χ0n) is 16.6. The van der Waals surface area contributed by atoms with Gasteiger partial charge in [0.05, 0.1) is 34.5 Å². The molecule has 6 nitrogen and oxygen atoms in total. The van der Waals surface area contributed by atoms with Gasteiger partial charge in [-0.2, -0.15) is 0 Å². The molecular formula is C22H17Cl2N3O3S. The summed E-state index contributed by atoms with van der Waals surface area (Å²) < 4.78 is 10.6. The molecule has 0 saturated heterocycles. The van der Waals surface area contributed by atoms with E-state index in [-0.39, 0.29) is 0 Å². The summed E-state index contributed by atoms with van der Waals surface area (Å²) in [7, 11) is 2.93. The molecule has 9 heteroatoms. The Bertz CT molecular complexity index is 1260. The Morgan fingerprint density at radius 3 is 2.52 bits per heavy atom. The average Bonchev–Trinajstić information content (AvgIpc) is 3.17. The van der Waals surface area contributed by atoms with E-state index in [0.717, 1.165) is 21.3 Å². The third-order valence-corrected chi connectivity index (χ3v) is 6.06. The predicted octanol–water partition coefficient (Wildman–Crippen LogP) is 6.07. The standard InChI is InChI=1S/C22H17Cl2N3O3S/c1-29-17-8-3-12(9-16(17)23)11-25-20-15-10-18(24)31-21(15)27-19(26-20)13-4-6-14(7-5-13)22(28)30-2/h3-10H,11H2,1-2H3,(H,25,26,27). The summed E-state index contributed by atoms with van der Waals surface area (Å²) in [5.74, 6) is 1.41. The molecule has 0 fully saturated rings. The van der Waals surface area contributed by atoms with Crippen LogP contribution in [0, 0.1) is 0 Å². The number of aromatic nitrogens is 2. The summed E-state index contributed by atoms with van der Waals surface area (Å²) in [5.41, 5.74) is 2.21. The molecule has 158 valence electrons. The predicted molar refractivity (Wildman–Crippen MR) is 125 cm³/mol. The summed E-state index contributed by atoms with van der Waals surface area (Å²) in [4.78, 5) is 21.8. The van der Waals surface area contributed by atoms with Crippen LogP contribution in [-0.2, 0) is 11.3 Å². The lowest BCUT2D eigenvalue weighted by Crippen LogP contribution is -2.04. The van der Waals surface area contributed by atoms with Crippen LogP contribution in [0.1, 0.15) is 15.9 Å². The van der Waals surface area contributed by atoms with Gasteiger partial charge in [-0.15, -0.1) is 11.3 Å². The zero-order valence-corrected chi connectivity index (χ0v) is 18.9. The zero-order chi connectivity index (χ0) is 22.0. The first-order valence-electron chi connectivity index (χ1n) is 9.20. The first kappa shape index (κ1) is 21.4. The third-order valence-electron chi connectivity index (χ3n) is 4.60. The van der Waals surface area contributed by atoms with Crippen molar-refractivity contribution in [2.75, 3.05) is 19.5 Å². The van der Waals surface area contributed by atoms with Crippen LogP contribution in [0.3, 0.4) is 0 Å². The number of thiophene rings is 1. The van der Waals surface area contributed by atoms with Crippen molar-refractivity contribution in [3.05, 3.63) is 69.0 Å². The van der Waals surface area contributed by atoms with Crippen molar-refractivity contribution in [1.29, 1.82) is 0 Å². The second kappa shape index (κ2) is 9.09. The highest BCUT2D eigenvalue weighted by atomic mass is 35.5. The lowest BCUT2D eigenvalue weighted by molar-refractivity contribution is 0.0601. The number of carbonyl (C=O) groups is 1. The van der Waals surface area contributed by atoms with Crippen molar-refractivity contribution < 1.29 is 14.3 Å². The van der Waals surface area contributed by atoms with E-state index in [1.165, 1.54) is 18.4 Å². The molecule has 0 radical (unpaired) electrons. The third kappa shape index (κ3) is 4.58. The van der Waals surface area contributed by atoms with Crippen molar-refractivity contribution in [3.8, 4) is 17.1 Å². The lowest BCUT2D eigenvalue weighted by atomic mass is 10.1. The molecule has 0 bridgehead atoms. The Labute approximate surface area is 192 Å². The van der Waals surface area contributed by atoms with Crippen molar-refractivity contribution in [2.45, 2.75) is 6.54 Å². The molecule has 4 rings (SSSR count). The summed E-state index contributed by atoms with van der Waals surface area (Å²) >= 11 is 13.8. The largest absolute Gasteiger partial charge is 0.495 e. The van der Waals surface area contributed by atoms with Gasteiger partial charge in [-0.25, -0.2) is 14.8 Å². The minimum absolute atomic E-state index is 0.395. The maximum Gasteiger partial charge on any atom is 0.337 e. The number of nitrogens with one attached hydrogen (secondary N) is 1. The van der Waals surface area contributed by atoms with Gasteiger partial charge in [0, 0.05) is 12.1 Å². The normalized spacial score (nSPS) is 10.8. The number of rotatable bonds is 6. The summed E-state index contributed by atoms with van der Waals surface area (Å²) in [5, 5.41) is 4.73. The molecule has 0 unspecified atom stereocenters. The maximum atomic E-state index is 11.7. The van der Waals surface area contributed by atoms with Gasteiger partial charge in [0.25, 0.3) is 0 Å². The Balaban J connectivity index is 1.66. The molecule has 2 aromatic heterocycles. The van der Waals surface area contributed by atoms with E-state index in [1.54, 1.807) is 31.4 Å². The number of anilines is 1. The Morgan fingerprint density at radius 2 is 1.84 bits per heavy atom. The molecule has 2 heterocycles. The molecule has 4 aromatic rings. The van der Waals surface area contributed by atoms with Crippen LogP contribution in [0.4, 0.5) is 5.82 Å². The fourth-order valence-electron chi connectivity index (χ4n) is 3.03. The van der Waals surface area contributed by atoms with Crippen LogP contribution < -0.4 is 10.1 Å². The number of hydrogen-bond acceptors (Lipinski definition) is 7. The van der Waals surface area contributed by atoms with Crippen molar-refractivity contribution >= 4 is 56.5 Å². The Kier molecular flexibility index (Phi) is 6.27. The number of halogens is 2. The van der Waals surface area contributed by atoms with Gasteiger partial charge in [0.1, 0.15) is 16.4 Å². The second-order valence-corrected chi connectivity index (χ2v) is 8.63. The number of hydrogen-bond donors (Lipinski definition) is 1. The molecule has 0 saturated carbocycles. The first-order valence-corrected chi connectivity index (χ1v) is 10.8. The summed E-state index contributed by atoms with van der Waals surface area (Å²) in [6.07, 6.45) is 0. The molecule has 2 aromatic carbocycles. The van der Waals surface area contributed by atoms with Crippen LogP contribution in [0.5, 0.6) is 5.75 Å². The molecule has 1 N–H and O–H groups in total. The number of methoxy groups -OCH3 is 2. The number of carbonyl (C=O) groups excluding carboxylic acids is 1. The van der Waals surface area contributed by atoms with E-state index in [4.69, 9.17) is 37.7 Å². The van der Waals surface area contributed by atoms with Crippen LogP contribution in [0.2, 0.25) is 9.36 Å². The van der Waals surface area contributed by atoms with E-state index in [2.05, 4.69) is 10.3 Å². The van der Waals surface area contributed by atoms with E-state index in [0.29, 0.717) is 38.9 Å². The SMILES string of the molecule is COC(=O)c1ccc(-c2nc(NCc3ccc(OC)c(Cl)c3)c3cc(Cl)sc3n2)cc1. The van der Waals surface area contributed by atoms with Crippen LogP contribution >= 0.6 is 34.5 Å². The number of benzene rings is 2. The molecule has 0 amide bonds. The molecule has 0 aliphatic rings. The Morgan fingerprint density at radius 1 is 1.06 bits per heavy atom. The average molecular weight is 474 g/mol. The van der Waals surface area contributed by atoms with Crippen LogP contribution in [0.25, 0.3) is 21.6 Å². The fraction of sp³-hybridized carbons (Fsp3) is 0.136. The maximum absolute atomic E-state index is 11.7. The minimum atomic E-state index is -0.395. The van der Waals surface area contributed by atoms with Crippen molar-refractivity contribution in [1.82, 2.24) is 9.97 Å². The quantitative estimate of drug-likeness (QED) is 0.342. The Hall–Kier alpha value is -2.87. The van der Waals surface area contributed by atoms with Gasteiger partial charge in [-0.3, -0.25) is 0 Å². The van der Waals surface area contributed by atoms with Gasteiger partial charge in [0.2, 0.25) is 0 Å². The molecule has 0 aliphatic carbocycles. The number of esters is 1. The fourth-order valence-corrected chi connectivity index (χ4v) is 4.40. The molecule has 0 spiro atoms. The molecule has 0 atom stereocenters. The van der Waals surface area contributed by atoms with Gasteiger partial charge in [-0.1, -0.05) is 41.4 Å². The number of ether oxygens (including phenoxy) is 2. The second-order valence-electron chi connectivity index (χ2n) is 6.56.